The number of hydrogen-bond acceptors (Lipinski definition) is 3. The maximum Gasteiger partial charge on any atom is 0.335 e. The standard InChI is InChI=1S/C12H15ClN2O3S/c1-18-6-2-5-14-12(19)15-10-7-8(11(16)17)3-4-9(10)13/h3-4,7H,2,5-6H2,1H3,(H,16,17)(H2,14,15,19). The molecular weight excluding hydrogens is 288 g/mol. The molecule has 0 bridgehead atoms. The predicted octanol–water partition coefficient (Wildman–Crippen LogP) is 2.36. The number of carboxylic acids is 1. The highest BCUT2D eigenvalue weighted by Gasteiger charge is 2.08. The molecule has 7 heteroatoms. The minimum absolute atomic E-state index is 0.147. The van der Waals surface area contributed by atoms with Crippen LogP contribution in [0.1, 0.15) is 16.8 Å². The minimum atomic E-state index is -1.02. The molecule has 1 rings (SSSR count). The molecule has 19 heavy (non-hydrogen) atoms. The van der Waals surface area contributed by atoms with Gasteiger partial charge < -0.3 is 20.5 Å². The lowest BCUT2D eigenvalue weighted by Gasteiger charge is -2.12. The van der Waals surface area contributed by atoms with E-state index in [9.17, 15) is 4.79 Å². The number of hydrogen-bond donors (Lipinski definition) is 3. The van der Waals surface area contributed by atoms with Crippen LogP contribution in [0.3, 0.4) is 0 Å². The van der Waals surface area contributed by atoms with Gasteiger partial charge in [-0.1, -0.05) is 11.6 Å². The fraction of sp³-hybridized carbons (Fsp3) is 0.333. The Morgan fingerprint density at radius 2 is 2.26 bits per heavy atom. The first-order valence-electron chi connectivity index (χ1n) is 5.61. The first-order chi connectivity index (χ1) is 9.04. The van der Waals surface area contributed by atoms with Crippen LogP contribution in [-0.4, -0.2) is 36.4 Å². The van der Waals surface area contributed by atoms with Gasteiger partial charge >= 0.3 is 5.97 Å². The highest BCUT2D eigenvalue weighted by molar-refractivity contribution is 7.80. The molecule has 0 unspecified atom stereocenters. The highest BCUT2D eigenvalue weighted by atomic mass is 35.5. The van der Waals surface area contributed by atoms with E-state index in [4.69, 9.17) is 33.7 Å². The average Bonchev–Trinajstić information content (AvgIpc) is 2.37. The highest BCUT2D eigenvalue weighted by Crippen LogP contribution is 2.22. The first kappa shape index (κ1) is 15.7. The van der Waals surface area contributed by atoms with Crippen LogP contribution in [-0.2, 0) is 4.74 Å². The second kappa shape index (κ2) is 7.93. The molecule has 0 spiro atoms. The Morgan fingerprint density at radius 3 is 2.89 bits per heavy atom. The lowest BCUT2D eigenvalue weighted by atomic mass is 10.2. The van der Waals surface area contributed by atoms with E-state index < -0.39 is 5.97 Å². The Bertz CT molecular complexity index is 468. The van der Waals surface area contributed by atoms with E-state index in [1.54, 1.807) is 7.11 Å². The Hall–Kier alpha value is -1.37. The number of methoxy groups -OCH3 is 1. The van der Waals surface area contributed by atoms with Crippen LogP contribution < -0.4 is 10.6 Å². The minimum Gasteiger partial charge on any atom is -0.478 e. The number of rotatable bonds is 6. The van der Waals surface area contributed by atoms with Crippen LogP contribution in [0.4, 0.5) is 5.69 Å². The molecular formula is C12H15ClN2O3S. The molecule has 0 fully saturated rings. The number of nitrogens with one attached hydrogen (secondary N) is 2. The van der Waals surface area contributed by atoms with Gasteiger partial charge in [0.2, 0.25) is 0 Å². The van der Waals surface area contributed by atoms with E-state index >= 15 is 0 Å². The monoisotopic (exact) mass is 302 g/mol. The zero-order valence-electron chi connectivity index (χ0n) is 10.4. The fourth-order valence-corrected chi connectivity index (χ4v) is 1.72. The van der Waals surface area contributed by atoms with Gasteiger partial charge in [0.15, 0.2) is 5.11 Å². The number of benzene rings is 1. The van der Waals surface area contributed by atoms with Crippen molar-refractivity contribution in [1.29, 1.82) is 0 Å². The molecule has 0 heterocycles. The maximum absolute atomic E-state index is 10.9. The number of carbonyl (C=O) groups is 1. The zero-order chi connectivity index (χ0) is 14.3. The van der Waals surface area contributed by atoms with Gasteiger partial charge in [-0.15, -0.1) is 0 Å². The Morgan fingerprint density at radius 1 is 1.53 bits per heavy atom. The van der Waals surface area contributed by atoms with Gasteiger partial charge in [-0.05, 0) is 36.8 Å². The van der Waals surface area contributed by atoms with Crippen LogP contribution in [0.25, 0.3) is 0 Å². The molecule has 0 aromatic heterocycles. The Balaban J connectivity index is 2.58. The van der Waals surface area contributed by atoms with Gasteiger partial charge in [-0.2, -0.15) is 0 Å². The molecule has 3 N–H and O–H groups in total. The Labute approximate surface area is 121 Å². The summed E-state index contributed by atoms with van der Waals surface area (Å²) in [6, 6.07) is 4.39. The van der Waals surface area contributed by atoms with Gasteiger partial charge in [-0.25, -0.2) is 4.79 Å². The number of ether oxygens (including phenoxy) is 1. The first-order valence-corrected chi connectivity index (χ1v) is 6.40. The summed E-state index contributed by atoms with van der Waals surface area (Å²) in [5.74, 6) is -1.02. The van der Waals surface area contributed by atoms with Crippen LogP contribution in [0.5, 0.6) is 0 Å². The number of anilines is 1. The van der Waals surface area contributed by atoms with E-state index in [1.807, 2.05) is 0 Å². The van der Waals surface area contributed by atoms with Gasteiger partial charge in [0.05, 0.1) is 16.3 Å². The van der Waals surface area contributed by atoms with Gasteiger partial charge in [0.25, 0.3) is 0 Å². The molecule has 0 aliphatic heterocycles. The summed E-state index contributed by atoms with van der Waals surface area (Å²) in [5.41, 5.74) is 0.611. The lowest BCUT2D eigenvalue weighted by molar-refractivity contribution is 0.0697. The largest absolute Gasteiger partial charge is 0.478 e. The molecule has 1 aromatic carbocycles. The molecule has 104 valence electrons. The lowest BCUT2D eigenvalue weighted by Crippen LogP contribution is -2.29. The van der Waals surface area contributed by atoms with Crippen LogP contribution in [0.2, 0.25) is 5.02 Å². The zero-order valence-corrected chi connectivity index (χ0v) is 12.0. The molecule has 0 amide bonds. The van der Waals surface area contributed by atoms with Gasteiger partial charge in [-0.3, -0.25) is 0 Å². The topological polar surface area (TPSA) is 70.6 Å². The smallest absolute Gasteiger partial charge is 0.335 e. The van der Waals surface area contributed by atoms with Crippen molar-refractivity contribution in [2.75, 3.05) is 25.6 Å². The van der Waals surface area contributed by atoms with Crippen molar-refractivity contribution < 1.29 is 14.6 Å². The van der Waals surface area contributed by atoms with Crippen LogP contribution in [0.15, 0.2) is 18.2 Å². The van der Waals surface area contributed by atoms with E-state index in [2.05, 4.69) is 10.6 Å². The molecule has 0 aliphatic carbocycles. The fourth-order valence-electron chi connectivity index (χ4n) is 1.34. The molecule has 0 saturated heterocycles. The Kier molecular flexibility index (Phi) is 6.55. The van der Waals surface area contributed by atoms with E-state index in [1.165, 1.54) is 18.2 Å². The van der Waals surface area contributed by atoms with Crippen LogP contribution in [0, 0.1) is 0 Å². The summed E-state index contributed by atoms with van der Waals surface area (Å²) in [7, 11) is 1.63. The van der Waals surface area contributed by atoms with Crippen molar-refractivity contribution >= 4 is 40.6 Å². The van der Waals surface area contributed by atoms with Crippen molar-refractivity contribution in [2.24, 2.45) is 0 Å². The second-order valence-electron chi connectivity index (χ2n) is 3.73. The summed E-state index contributed by atoms with van der Waals surface area (Å²) in [6.07, 6.45) is 0.821. The van der Waals surface area contributed by atoms with Crippen molar-refractivity contribution in [3.05, 3.63) is 28.8 Å². The average molecular weight is 303 g/mol. The number of halogens is 1. The molecule has 0 saturated carbocycles. The van der Waals surface area contributed by atoms with Crippen molar-refractivity contribution in [2.45, 2.75) is 6.42 Å². The molecule has 0 aliphatic rings. The third-order valence-corrected chi connectivity index (χ3v) is 2.85. The third-order valence-electron chi connectivity index (χ3n) is 2.27. The van der Waals surface area contributed by atoms with E-state index in [0.717, 1.165) is 6.42 Å². The number of thiocarbonyl (C=S) groups is 1. The van der Waals surface area contributed by atoms with Crippen molar-refractivity contribution in [3.8, 4) is 0 Å². The summed E-state index contributed by atoms with van der Waals surface area (Å²) in [4.78, 5) is 10.9. The molecule has 0 atom stereocenters. The van der Waals surface area contributed by atoms with Crippen molar-refractivity contribution in [3.63, 3.8) is 0 Å². The van der Waals surface area contributed by atoms with Crippen LogP contribution >= 0.6 is 23.8 Å². The summed E-state index contributed by atoms with van der Waals surface area (Å²) >= 11 is 11.1. The number of carboxylic acid groups (broad SMARTS) is 1. The van der Waals surface area contributed by atoms with E-state index in [-0.39, 0.29) is 5.56 Å². The molecule has 5 nitrogen and oxygen atoms in total. The van der Waals surface area contributed by atoms with Crippen molar-refractivity contribution in [1.82, 2.24) is 5.32 Å². The summed E-state index contributed by atoms with van der Waals surface area (Å²) in [5, 5.41) is 15.5. The third kappa shape index (κ3) is 5.42. The van der Waals surface area contributed by atoms with Gasteiger partial charge in [0.1, 0.15) is 0 Å². The maximum atomic E-state index is 10.9. The molecule has 1 aromatic rings. The summed E-state index contributed by atoms with van der Waals surface area (Å²) in [6.45, 7) is 1.31. The summed E-state index contributed by atoms with van der Waals surface area (Å²) < 4.78 is 4.91. The predicted molar refractivity (Wildman–Crippen MR) is 79.1 cm³/mol. The van der Waals surface area contributed by atoms with Gasteiger partial charge in [0, 0.05) is 20.3 Å². The normalized spacial score (nSPS) is 10.0. The molecule has 0 radical (unpaired) electrons. The second-order valence-corrected chi connectivity index (χ2v) is 4.54. The number of aromatic carboxylic acids is 1. The quantitative estimate of drug-likeness (QED) is 0.553. The van der Waals surface area contributed by atoms with E-state index in [0.29, 0.717) is 29.0 Å². The SMILES string of the molecule is COCCCNC(=S)Nc1cc(C(=O)O)ccc1Cl.